The van der Waals surface area contributed by atoms with Crippen molar-refractivity contribution in [1.82, 2.24) is 5.06 Å². The van der Waals surface area contributed by atoms with Gasteiger partial charge in [-0.3, -0.25) is 4.84 Å². The summed E-state index contributed by atoms with van der Waals surface area (Å²) in [6.07, 6.45) is -2.82. The van der Waals surface area contributed by atoms with Gasteiger partial charge in [0.05, 0.1) is 13.7 Å². The summed E-state index contributed by atoms with van der Waals surface area (Å²) in [4.78, 5) is 7.46. The Kier molecular flexibility index (Phi) is 10.3. The molecule has 0 radical (unpaired) electrons. The second-order valence-electron chi connectivity index (χ2n) is 6.73. The molecule has 0 aliphatic carbocycles. The number of hydroxylamine groups is 2. The van der Waals surface area contributed by atoms with E-state index in [0.717, 1.165) is 31.6 Å². The van der Waals surface area contributed by atoms with E-state index in [1.807, 2.05) is 0 Å². The number of ether oxygens (including phenoxy) is 1. The number of anilines is 1. The Morgan fingerprint density at radius 1 is 1.04 bits per heavy atom. The molecule has 1 aliphatic rings. The van der Waals surface area contributed by atoms with Crippen molar-refractivity contribution in [3.63, 3.8) is 0 Å². The average molecular weight is 437 g/mol. The molecule has 3 N–H and O–H groups in total. The van der Waals surface area contributed by atoms with Gasteiger partial charge in [0.1, 0.15) is 18.3 Å². The maximum Gasteiger partial charge on any atom is 0.161 e. The first-order chi connectivity index (χ1) is 13.5. The molecule has 1 heterocycles. The van der Waals surface area contributed by atoms with Crippen LogP contribution in [0.3, 0.4) is 0 Å². The van der Waals surface area contributed by atoms with Crippen molar-refractivity contribution in [2.24, 2.45) is 0 Å². The van der Waals surface area contributed by atoms with Crippen LogP contribution in [0.4, 0.5) is 5.69 Å². The van der Waals surface area contributed by atoms with Crippen molar-refractivity contribution in [3.05, 3.63) is 29.8 Å². The fraction of sp³-hybridized carbons (Fsp3) is 0.684. The van der Waals surface area contributed by atoms with Crippen LogP contribution in [0.5, 0.6) is 0 Å². The Morgan fingerprint density at radius 3 is 2.25 bits per heavy atom. The number of aliphatic hydroxyl groups is 3. The van der Waals surface area contributed by atoms with Gasteiger partial charge < -0.3 is 25.0 Å². The molecule has 1 unspecified atom stereocenters. The Bertz CT molecular complexity index is 560. The van der Waals surface area contributed by atoms with Crippen molar-refractivity contribution < 1.29 is 24.9 Å². The summed E-state index contributed by atoms with van der Waals surface area (Å²) in [6.45, 7) is 1.96. The summed E-state index contributed by atoms with van der Waals surface area (Å²) < 4.78 is 5.43. The topological polar surface area (TPSA) is 85.6 Å². The number of halogens is 2. The number of aliphatic hydroxyl groups excluding tert-OH is 3. The van der Waals surface area contributed by atoms with Crippen molar-refractivity contribution in [2.45, 2.75) is 37.4 Å². The van der Waals surface area contributed by atoms with E-state index >= 15 is 0 Å². The molecule has 0 bridgehead atoms. The maximum absolute atomic E-state index is 10.1. The van der Waals surface area contributed by atoms with Crippen LogP contribution in [0.1, 0.15) is 12.0 Å². The lowest BCUT2D eigenvalue weighted by atomic mass is 10.0. The number of benzene rings is 1. The summed E-state index contributed by atoms with van der Waals surface area (Å²) in [5.74, 6) is 1.10. The highest BCUT2D eigenvalue weighted by molar-refractivity contribution is 6.18. The Hall–Kier alpha value is -0.640. The lowest BCUT2D eigenvalue weighted by Gasteiger charge is -2.40. The van der Waals surface area contributed by atoms with Crippen LogP contribution < -0.4 is 4.90 Å². The third kappa shape index (κ3) is 6.43. The van der Waals surface area contributed by atoms with Gasteiger partial charge >= 0.3 is 0 Å². The highest BCUT2D eigenvalue weighted by Crippen LogP contribution is 2.20. The molecule has 1 saturated heterocycles. The predicted molar refractivity (Wildman–Crippen MR) is 110 cm³/mol. The molecule has 2 rings (SSSR count). The predicted octanol–water partition coefficient (Wildman–Crippen LogP) is 1.21. The number of rotatable bonds is 11. The van der Waals surface area contributed by atoms with E-state index in [0.29, 0.717) is 18.3 Å². The zero-order valence-electron chi connectivity index (χ0n) is 16.1. The third-order valence-corrected chi connectivity index (χ3v) is 5.18. The molecule has 1 aromatic rings. The summed E-state index contributed by atoms with van der Waals surface area (Å²) in [5, 5.41) is 31.0. The minimum Gasteiger partial charge on any atom is -0.388 e. The van der Waals surface area contributed by atoms with Gasteiger partial charge in [-0.2, -0.15) is 5.06 Å². The van der Waals surface area contributed by atoms with Crippen molar-refractivity contribution in [3.8, 4) is 0 Å². The lowest BCUT2D eigenvalue weighted by molar-refractivity contribution is -0.305. The van der Waals surface area contributed by atoms with Gasteiger partial charge in [0.15, 0.2) is 6.23 Å². The van der Waals surface area contributed by atoms with Crippen molar-refractivity contribution in [1.29, 1.82) is 0 Å². The zero-order valence-corrected chi connectivity index (χ0v) is 17.6. The fourth-order valence-corrected chi connectivity index (χ4v) is 3.66. The molecular weight excluding hydrogens is 407 g/mol. The molecule has 0 aromatic heterocycles. The molecular formula is C19H30Cl2N2O5. The second-order valence-corrected chi connectivity index (χ2v) is 7.49. The first-order valence-electron chi connectivity index (χ1n) is 9.44. The highest BCUT2D eigenvalue weighted by Gasteiger charge is 2.40. The molecule has 0 spiro atoms. The molecule has 4 atom stereocenters. The van der Waals surface area contributed by atoms with E-state index in [9.17, 15) is 15.3 Å². The van der Waals surface area contributed by atoms with Crippen LogP contribution in [0, 0.1) is 0 Å². The van der Waals surface area contributed by atoms with Gasteiger partial charge in [0.25, 0.3) is 0 Å². The summed E-state index contributed by atoms with van der Waals surface area (Å²) >= 11 is 11.7. The standard InChI is InChI=1S/C19H30Cl2N2O5/c1-27-23(19-18(26)17(25)16(24)13-28-19)10-2-3-14-4-6-15(7-5-14)22(11-8-20)12-9-21/h4-7,16-19,24-26H,2-3,8-13H2,1H3/t16-,17-,18-,19?/m0/s1. The lowest BCUT2D eigenvalue weighted by Crippen LogP contribution is -2.58. The Labute approximate surface area is 176 Å². The quantitative estimate of drug-likeness (QED) is 0.355. The van der Waals surface area contributed by atoms with Crippen molar-refractivity contribution in [2.75, 3.05) is 50.0 Å². The monoisotopic (exact) mass is 436 g/mol. The van der Waals surface area contributed by atoms with Crippen LogP contribution in [0.15, 0.2) is 24.3 Å². The normalized spacial score (nSPS) is 25.2. The minimum absolute atomic E-state index is 0.0503. The van der Waals surface area contributed by atoms with E-state index in [-0.39, 0.29) is 6.61 Å². The largest absolute Gasteiger partial charge is 0.388 e. The second kappa shape index (κ2) is 12.1. The maximum atomic E-state index is 10.1. The van der Waals surface area contributed by atoms with E-state index in [1.54, 1.807) is 0 Å². The summed E-state index contributed by atoms with van der Waals surface area (Å²) in [5.41, 5.74) is 2.27. The van der Waals surface area contributed by atoms with Crippen LogP contribution in [-0.2, 0) is 16.0 Å². The van der Waals surface area contributed by atoms with Gasteiger partial charge in [-0.1, -0.05) is 12.1 Å². The minimum atomic E-state index is -1.26. The van der Waals surface area contributed by atoms with Crippen LogP contribution in [-0.4, -0.2) is 90.0 Å². The van der Waals surface area contributed by atoms with Gasteiger partial charge in [-0.25, -0.2) is 0 Å². The molecule has 160 valence electrons. The molecule has 1 aromatic carbocycles. The van der Waals surface area contributed by atoms with Crippen LogP contribution >= 0.6 is 23.2 Å². The average Bonchev–Trinajstić information content (AvgIpc) is 2.71. The van der Waals surface area contributed by atoms with Gasteiger partial charge in [0.2, 0.25) is 0 Å². The first-order valence-corrected chi connectivity index (χ1v) is 10.5. The fourth-order valence-electron chi connectivity index (χ4n) is 3.25. The van der Waals surface area contributed by atoms with E-state index in [4.69, 9.17) is 32.8 Å². The number of nitrogens with zero attached hydrogens (tertiary/aromatic N) is 2. The molecule has 28 heavy (non-hydrogen) atoms. The highest BCUT2D eigenvalue weighted by atomic mass is 35.5. The Morgan fingerprint density at radius 2 is 1.68 bits per heavy atom. The number of hydrogen-bond acceptors (Lipinski definition) is 7. The molecule has 7 nitrogen and oxygen atoms in total. The molecule has 0 amide bonds. The van der Waals surface area contributed by atoms with E-state index in [2.05, 4.69) is 29.2 Å². The summed E-state index contributed by atoms with van der Waals surface area (Å²) in [7, 11) is 1.49. The van der Waals surface area contributed by atoms with Crippen LogP contribution in [0.25, 0.3) is 0 Å². The first kappa shape index (κ1) is 23.6. The number of alkyl halides is 2. The van der Waals surface area contributed by atoms with Gasteiger partial charge in [0, 0.05) is 37.1 Å². The molecule has 1 aliphatic heterocycles. The number of hydrogen-bond donors (Lipinski definition) is 3. The summed E-state index contributed by atoms with van der Waals surface area (Å²) in [6, 6.07) is 8.28. The third-order valence-electron chi connectivity index (χ3n) is 4.85. The van der Waals surface area contributed by atoms with Crippen molar-refractivity contribution >= 4 is 28.9 Å². The van der Waals surface area contributed by atoms with E-state index in [1.165, 1.54) is 17.7 Å². The molecule has 1 fully saturated rings. The van der Waals surface area contributed by atoms with Crippen LogP contribution in [0.2, 0.25) is 0 Å². The van der Waals surface area contributed by atoms with E-state index < -0.39 is 24.5 Å². The number of aryl methyl sites for hydroxylation is 1. The molecule has 9 heteroatoms. The Balaban J connectivity index is 1.86. The van der Waals surface area contributed by atoms with Gasteiger partial charge in [-0.15, -0.1) is 23.2 Å². The zero-order chi connectivity index (χ0) is 20.5. The smallest absolute Gasteiger partial charge is 0.161 e. The SMILES string of the molecule is CON(CCCc1ccc(N(CCCl)CCCl)cc1)C1OC[C@H](O)[C@H](O)[C@@H]1O. The van der Waals surface area contributed by atoms with Gasteiger partial charge in [-0.05, 0) is 30.5 Å². The molecule has 0 saturated carbocycles.